The van der Waals surface area contributed by atoms with E-state index < -0.39 is 17.8 Å². The van der Waals surface area contributed by atoms with E-state index in [-0.39, 0.29) is 11.1 Å². The van der Waals surface area contributed by atoms with Crippen molar-refractivity contribution in [2.45, 2.75) is 19.9 Å². The summed E-state index contributed by atoms with van der Waals surface area (Å²) in [5, 5.41) is 13.1. The van der Waals surface area contributed by atoms with Crippen LogP contribution in [0.15, 0.2) is 35.1 Å². The van der Waals surface area contributed by atoms with E-state index in [1.54, 1.807) is 11.6 Å². The number of rotatable bonds is 5. The van der Waals surface area contributed by atoms with Crippen LogP contribution in [0.25, 0.3) is 10.9 Å². The lowest BCUT2D eigenvalue weighted by Gasteiger charge is -2.29. The van der Waals surface area contributed by atoms with Crippen LogP contribution >= 0.6 is 0 Å². The Labute approximate surface area is 184 Å². The third-order valence-electron chi connectivity index (χ3n) is 5.68. The van der Waals surface area contributed by atoms with Crippen LogP contribution < -0.4 is 15.8 Å². The van der Waals surface area contributed by atoms with Crippen LogP contribution in [0.2, 0.25) is 0 Å². The lowest BCUT2D eigenvalue weighted by molar-refractivity contribution is 0.0697. The van der Waals surface area contributed by atoms with E-state index in [0.29, 0.717) is 48.8 Å². The minimum absolute atomic E-state index is 0.151. The highest BCUT2D eigenvalue weighted by Crippen LogP contribution is 2.29. The van der Waals surface area contributed by atoms with Gasteiger partial charge in [0.05, 0.1) is 35.7 Å². The summed E-state index contributed by atoms with van der Waals surface area (Å²) in [6.45, 7) is 6.16. The van der Waals surface area contributed by atoms with Crippen molar-refractivity contribution in [2.75, 3.05) is 36.5 Å². The lowest BCUT2D eigenvalue weighted by atomic mass is 10.0. The molecule has 1 saturated heterocycles. The molecule has 0 amide bonds. The van der Waals surface area contributed by atoms with E-state index in [2.05, 4.69) is 5.32 Å². The second kappa shape index (κ2) is 8.58. The third kappa shape index (κ3) is 4.03. The molecule has 4 rings (SSSR count). The molecule has 2 aromatic carbocycles. The zero-order valence-electron chi connectivity index (χ0n) is 18.2. The standard InChI is InChI=1S/C23H25FN4O4/c1-13-10-16(14(2)25-19-5-4-15(24)12-17(19)22(30)31)20-18(11-13)21(29)27(3)23(26-20)28-6-8-32-9-7-28/h4-5,10-12,14,25H,6-9H2,1-3H3,(H,30,31). The number of carbonyl (C=O) groups is 1. The number of fused-ring (bicyclic) bond motifs is 1. The van der Waals surface area contributed by atoms with E-state index in [4.69, 9.17) is 9.72 Å². The Balaban J connectivity index is 1.82. The summed E-state index contributed by atoms with van der Waals surface area (Å²) in [5.41, 5.74) is 2.18. The molecule has 0 saturated carbocycles. The molecule has 3 aromatic rings. The van der Waals surface area contributed by atoms with Gasteiger partial charge in [0.2, 0.25) is 5.95 Å². The van der Waals surface area contributed by atoms with E-state index in [0.717, 1.165) is 17.2 Å². The molecular formula is C23H25FN4O4. The van der Waals surface area contributed by atoms with Crippen molar-refractivity contribution in [3.8, 4) is 0 Å². The van der Waals surface area contributed by atoms with E-state index in [1.807, 2.05) is 30.9 Å². The zero-order valence-corrected chi connectivity index (χ0v) is 18.2. The number of benzene rings is 2. The van der Waals surface area contributed by atoms with Crippen LogP contribution in [0.3, 0.4) is 0 Å². The Morgan fingerprint density at radius 2 is 1.97 bits per heavy atom. The largest absolute Gasteiger partial charge is 0.478 e. The summed E-state index contributed by atoms with van der Waals surface area (Å²) >= 11 is 0. The molecule has 0 spiro atoms. The normalized spacial score (nSPS) is 15.1. The molecular weight excluding hydrogens is 415 g/mol. The van der Waals surface area contributed by atoms with Gasteiger partial charge < -0.3 is 20.1 Å². The maximum Gasteiger partial charge on any atom is 0.337 e. The summed E-state index contributed by atoms with van der Waals surface area (Å²) in [6, 6.07) is 6.94. The highest BCUT2D eigenvalue weighted by atomic mass is 19.1. The summed E-state index contributed by atoms with van der Waals surface area (Å²) in [5.74, 6) is -1.28. The molecule has 9 heteroatoms. The molecule has 0 radical (unpaired) electrons. The van der Waals surface area contributed by atoms with Gasteiger partial charge in [0, 0.05) is 31.4 Å². The number of aryl methyl sites for hydroxylation is 1. The topological polar surface area (TPSA) is 96.7 Å². The van der Waals surface area contributed by atoms with Gasteiger partial charge >= 0.3 is 5.97 Å². The maximum absolute atomic E-state index is 13.6. The zero-order chi connectivity index (χ0) is 23.0. The van der Waals surface area contributed by atoms with Crippen molar-refractivity contribution in [3.63, 3.8) is 0 Å². The van der Waals surface area contributed by atoms with E-state index >= 15 is 0 Å². The molecule has 168 valence electrons. The number of ether oxygens (including phenoxy) is 1. The third-order valence-corrected chi connectivity index (χ3v) is 5.68. The molecule has 1 fully saturated rings. The number of nitrogens with zero attached hydrogens (tertiary/aromatic N) is 3. The highest BCUT2D eigenvalue weighted by molar-refractivity contribution is 5.94. The fourth-order valence-corrected chi connectivity index (χ4v) is 4.05. The Bertz CT molecular complexity index is 1250. The second-order valence-corrected chi connectivity index (χ2v) is 7.99. The first-order valence-corrected chi connectivity index (χ1v) is 10.4. The van der Waals surface area contributed by atoms with Gasteiger partial charge in [0.15, 0.2) is 0 Å². The predicted octanol–water partition coefficient (Wildman–Crippen LogP) is 3.09. The number of hydrogen-bond donors (Lipinski definition) is 2. The van der Waals surface area contributed by atoms with Gasteiger partial charge in [0.25, 0.3) is 5.56 Å². The number of carboxylic acids is 1. The van der Waals surface area contributed by atoms with Crippen LogP contribution in [-0.4, -0.2) is 46.9 Å². The molecule has 2 heterocycles. The van der Waals surface area contributed by atoms with Crippen molar-refractivity contribution >= 4 is 28.5 Å². The van der Waals surface area contributed by atoms with Crippen LogP contribution in [0, 0.1) is 12.7 Å². The number of halogens is 1. The first-order valence-electron chi connectivity index (χ1n) is 10.4. The number of nitrogens with one attached hydrogen (secondary N) is 1. The minimum atomic E-state index is -1.23. The summed E-state index contributed by atoms with van der Waals surface area (Å²) in [6.07, 6.45) is 0. The van der Waals surface area contributed by atoms with Crippen LogP contribution in [0.4, 0.5) is 16.0 Å². The van der Waals surface area contributed by atoms with Crippen molar-refractivity contribution in [2.24, 2.45) is 7.05 Å². The van der Waals surface area contributed by atoms with Crippen LogP contribution in [-0.2, 0) is 11.8 Å². The summed E-state index contributed by atoms with van der Waals surface area (Å²) in [4.78, 5) is 31.6. The first-order chi connectivity index (χ1) is 15.3. The van der Waals surface area contributed by atoms with Crippen LogP contribution in [0.1, 0.15) is 34.5 Å². The molecule has 32 heavy (non-hydrogen) atoms. The number of aromatic nitrogens is 2. The number of hydrogen-bond acceptors (Lipinski definition) is 6. The van der Waals surface area contributed by atoms with Crippen LogP contribution in [0.5, 0.6) is 0 Å². The second-order valence-electron chi connectivity index (χ2n) is 7.99. The Morgan fingerprint density at radius 3 is 2.66 bits per heavy atom. The minimum Gasteiger partial charge on any atom is -0.478 e. The summed E-state index contributed by atoms with van der Waals surface area (Å²) in [7, 11) is 1.71. The maximum atomic E-state index is 13.6. The Morgan fingerprint density at radius 1 is 1.25 bits per heavy atom. The molecule has 1 aliphatic rings. The number of anilines is 2. The predicted molar refractivity (Wildman–Crippen MR) is 120 cm³/mol. The van der Waals surface area contributed by atoms with Gasteiger partial charge in [-0.15, -0.1) is 0 Å². The van der Waals surface area contributed by atoms with E-state index in [9.17, 15) is 19.1 Å². The lowest BCUT2D eigenvalue weighted by Crippen LogP contribution is -2.40. The number of morpholine rings is 1. The van der Waals surface area contributed by atoms with Gasteiger partial charge in [-0.25, -0.2) is 14.2 Å². The molecule has 8 nitrogen and oxygen atoms in total. The van der Waals surface area contributed by atoms with E-state index in [1.165, 1.54) is 12.1 Å². The molecule has 1 unspecified atom stereocenters. The highest BCUT2D eigenvalue weighted by Gasteiger charge is 2.22. The van der Waals surface area contributed by atoms with Gasteiger partial charge in [-0.3, -0.25) is 9.36 Å². The average molecular weight is 440 g/mol. The van der Waals surface area contributed by atoms with Gasteiger partial charge in [0.1, 0.15) is 5.82 Å². The first kappa shape index (κ1) is 21.8. The molecule has 0 bridgehead atoms. The Kier molecular flexibility index (Phi) is 5.84. The number of carboxylic acid groups (broad SMARTS) is 1. The summed E-state index contributed by atoms with van der Waals surface area (Å²) < 4.78 is 20.6. The monoisotopic (exact) mass is 440 g/mol. The van der Waals surface area contributed by atoms with Gasteiger partial charge in [-0.1, -0.05) is 6.07 Å². The van der Waals surface area contributed by atoms with Gasteiger partial charge in [-0.2, -0.15) is 0 Å². The smallest absolute Gasteiger partial charge is 0.337 e. The average Bonchev–Trinajstić information content (AvgIpc) is 2.77. The molecule has 2 N–H and O–H groups in total. The number of aromatic carboxylic acids is 1. The molecule has 1 aromatic heterocycles. The quantitative estimate of drug-likeness (QED) is 0.629. The van der Waals surface area contributed by atoms with Crippen molar-refractivity contribution in [3.05, 3.63) is 63.2 Å². The van der Waals surface area contributed by atoms with Gasteiger partial charge in [-0.05, 0) is 43.7 Å². The fraction of sp³-hybridized carbons (Fsp3) is 0.348. The molecule has 0 aliphatic carbocycles. The molecule has 1 atom stereocenters. The van der Waals surface area contributed by atoms with Crippen molar-refractivity contribution in [1.82, 2.24) is 9.55 Å². The fourth-order valence-electron chi connectivity index (χ4n) is 4.05. The SMILES string of the molecule is Cc1cc(C(C)Nc2ccc(F)cc2C(=O)O)c2nc(N3CCOCC3)n(C)c(=O)c2c1. The molecule has 1 aliphatic heterocycles. The Hall–Kier alpha value is -3.46. The van der Waals surface area contributed by atoms with Crippen molar-refractivity contribution in [1.29, 1.82) is 0 Å². The van der Waals surface area contributed by atoms with Crippen molar-refractivity contribution < 1.29 is 19.0 Å².